The van der Waals surface area contributed by atoms with E-state index in [1.807, 2.05) is 25.2 Å². The third-order valence-electron chi connectivity index (χ3n) is 2.56. The van der Waals surface area contributed by atoms with E-state index in [0.29, 0.717) is 5.02 Å². The lowest BCUT2D eigenvalue weighted by Gasteiger charge is -2.10. The van der Waals surface area contributed by atoms with Crippen molar-refractivity contribution in [1.82, 2.24) is 5.32 Å². The molecule has 1 aromatic rings. The Bertz CT molecular complexity index is 339. The highest BCUT2D eigenvalue weighted by atomic mass is 35.5. The van der Waals surface area contributed by atoms with Gasteiger partial charge in [-0.3, -0.25) is 0 Å². The number of nitrogens with one attached hydrogen (secondary N) is 1. The zero-order valence-corrected chi connectivity index (χ0v) is 11.7. The first kappa shape index (κ1) is 14.3. The molecular formula is C14H22ClNO. The molecule has 0 unspecified atom stereocenters. The van der Waals surface area contributed by atoms with E-state index in [1.165, 1.54) is 12.0 Å². The molecule has 0 aliphatic carbocycles. The standard InChI is InChI=1S/C14H22ClNO/c1-11(2)5-4-8-17-14-7-6-12(10-16-3)9-13(14)15/h6-7,9,11,16H,4-5,8,10H2,1-3H3. The van der Waals surface area contributed by atoms with Crippen LogP contribution in [0.2, 0.25) is 5.02 Å². The van der Waals surface area contributed by atoms with Crippen LogP contribution in [-0.2, 0) is 6.54 Å². The molecule has 3 heteroatoms. The van der Waals surface area contributed by atoms with E-state index in [-0.39, 0.29) is 0 Å². The van der Waals surface area contributed by atoms with E-state index >= 15 is 0 Å². The topological polar surface area (TPSA) is 21.3 Å². The van der Waals surface area contributed by atoms with Crippen molar-refractivity contribution in [1.29, 1.82) is 0 Å². The van der Waals surface area contributed by atoms with Gasteiger partial charge in [-0.2, -0.15) is 0 Å². The summed E-state index contributed by atoms with van der Waals surface area (Å²) in [5.41, 5.74) is 1.17. The van der Waals surface area contributed by atoms with E-state index < -0.39 is 0 Å². The van der Waals surface area contributed by atoms with Gasteiger partial charge in [-0.25, -0.2) is 0 Å². The molecule has 0 saturated carbocycles. The van der Waals surface area contributed by atoms with Gasteiger partial charge >= 0.3 is 0 Å². The van der Waals surface area contributed by atoms with Crippen molar-refractivity contribution in [2.75, 3.05) is 13.7 Å². The zero-order chi connectivity index (χ0) is 12.7. The van der Waals surface area contributed by atoms with Crippen LogP contribution in [0.4, 0.5) is 0 Å². The first-order chi connectivity index (χ1) is 8.13. The van der Waals surface area contributed by atoms with Crippen LogP contribution in [0.5, 0.6) is 5.75 Å². The number of rotatable bonds is 7. The molecule has 0 spiro atoms. The summed E-state index contributed by atoms with van der Waals surface area (Å²) < 4.78 is 5.67. The quantitative estimate of drug-likeness (QED) is 0.747. The number of halogens is 1. The fourth-order valence-corrected chi connectivity index (χ4v) is 1.91. The molecule has 96 valence electrons. The van der Waals surface area contributed by atoms with Gasteiger partial charge in [0.25, 0.3) is 0 Å². The first-order valence-corrected chi connectivity index (χ1v) is 6.57. The molecule has 1 rings (SSSR count). The van der Waals surface area contributed by atoms with E-state index in [2.05, 4.69) is 19.2 Å². The van der Waals surface area contributed by atoms with E-state index in [1.54, 1.807) is 0 Å². The predicted octanol–water partition coefficient (Wildman–Crippen LogP) is 3.87. The minimum Gasteiger partial charge on any atom is -0.492 e. The van der Waals surface area contributed by atoms with Gasteiger partial charge in [-0.05, 0) is 43.5 Å². The van der Waals surface area contributed by atoms with Crippen molar-refractivity contribution in [3.8, 4) is 5.75 Å². The first-order valence-electron chi connectivity index (χ1n) is 6.19. The number of hydrogen-bond donors (Lipinski definition) is 1. The highest BCUT2D eigenvalue weighted by Crippen LogP contribution is 2.25. The summed E-state index contributed by atoms with van der Waals surface area (Å²) >= 11 is 6.15. The van der Waals surface area contributed by atoms with E-state index in [0.717, 1.165) is 31.2 Å². The molecule has 0 saturated heterocycles. The van der Waals surface area contributed by atoms with Crippen molar-refractivity contribution in [2.45, 2.75) is 33.2 Å². The molecule has 1 N–H and O–H groups in total. The van der Waals surface area contributed by atoms with Crippen LogP contribution >= 0.6 is 11.6 Å². The minimum atomic E-state index is 0.697. The largest absolute Gasteiger partial charge is 0.492 e. The van der Waals surface area contributed by atoms with Gasteiger partial charge < -0.3 is 10.1 Å². The molecule has 17 heavy (non-hydrogen) atoms. The second-order valence-electron chi connectivity index (χ2n) is 4.68. The summed E-state index contributed by atoms with van der Waals surface area (Å²) in [7, 11) is 1.92. The van der Waals surface area contributed by atoms with Crippen LogP contribution in [0.15, 0.2) is 18.2 Å². The minimum absolute atomic E-state index is 0.697. The smallest absolute Gasteiger partial charge is 0.137 e. The lowest BCUT2D eigenvalue weighted by atomic mass is 10.1. The maximum atomic E-state index is 6.15. The number of hydrogen-bond acceptors (Lipinski definition) is 2. The normalized spacial score (nSPS) is 10.9. The lowest BCUT2D eigenvalue weighted by molar-refractivity contribution is 0.298. The molecule has 0 aliphatic heterocycles. The molecule has 0 heterocycles. The van der Waals surface area contributed by atoms with Crippen LogP contribution in [0.1, 0.15) is 32.3 Å². The molecule has 0 aliphatic rings. The molecule has 0 amide bonds. The molecule has 0 bridgehead atoms. The fraction of sp³-hybridized carbons (Fsp3) is 0.571. The summed E-state index contributed by atoms with van der Waals surface area (Å²) in [6, 6.07) is 5.94. The van der Waals surface area contributed by atoms with Crippen molar-refractivity contribution >= 4 is 11.6 Å². The molecule has 0 atom stereocenters. The summed E-state index contributed by atoms with van der Waals surface area (Å²) in [5.74, 6) is 1.52. The van der Waals surface area contributed by atoms with Crippen LogP contribution in [0, 0.1) is 5.92 Å². The molecule has 2 nitrogen and oxygen atoms in total. The number of benzene rings is 1. The summed E-state index contributed by atoms with van der Waals surface area (Å²) in [6.07, 6.45) is 2.27. The van der Waals surface area contributed by atoms with E-state index in [4.69, 9.17) is 16.3 Å². The van der Waals surface area contributed by atoms with Crippen LogP contribution < -0.4 is 10.1 Å². The Morgan fingerprint density at radius 1 is 1.35 bits per heavy atom. The van der Waals surface area contributed by atoms with Gasteiger partial charge in [0.05, 0.1) is 11.6 Å². The lowest BCUT2D eigenvalue weighted by Crippen LogP contribution is -2.05. The number of ether oxygens (including phenoxy) is 1. The average molecular weight is 256 g/mol. The Kier molecular flexibility index (Phi) is 6.38. The van der Waals surface area contributed by atoms with Gasteiger partial charge in [0.15, 0.2) is 0 Å². The predicted molar refractivity (Wildman–Crippen MR) is 73.8 cm³/mol. The molecule has 0 radical (unpaired) electrons. The summed E-state index contributed by atoms with van der Waals surface area (Å²) in [5, 5.41) is 3.79. The van der Waals surface area contributed by atoms with Crippen LogP contribution in [0.25, 0.3) is 0 Å². The second kappa shape index (κ2) is 7.57. The molecule has 0 aromatic heterocycles. The highest BCUT2D eigenvalue weighted by molar-refractivity contribution is 6.32. The van der Waals surface area contributed by atoms with Crippen LogP contribution in [-0.4, -0.2) is 13.7 Å². The van der Waals surface area contributed by atoms with Crippen molar-refractivity contribution in [3.63, 3.8) is 0 Å². The summed E-state index contributed by atoms with van der Waals surface area (Å²) in [6.45, 7) is 6.01. The zero-order valence-electron chi connectivity index (χ0n) is 10.9. The van der Waals surface area contributed by atoms with Crippen molar-refractivity contribution < 1.29 is 4.74 Å². The Hall–Kier alpha value is -0.730. The van der Waals surface area contributed by atoms with Crippen molar-refractivity contribution in [3.05, 3.63) is 28.8 Å². The Morgan fingerprint density at radius 3 is 2.71 bits per heavy atom. The fourth-order valence-electron chi connectivity index (χ4n) is 1.65. The van der Waals surface area contributed by atoms with Gasteiger partial charge in [-0.1, -0.05) is 31.5 Å². The second-order valence-corrected chi connectivity index (χ2v) is 5.09. The Balaban J connectivity index is 2.43. The summed E-state index contributed by atoms with van der Waals surface area (Å²) in [4.78, 5) is 0. The molecular weight excluding hydrogens is 234 g/mol. The van der Waals surface area contributed by atoms with Gasteiger partial charge in [0.2, 0.25) is 0 Å². The third-order valence-corrected chi connectivity index (χ3v) is 2.86. The van der Waals surface area contributed by atoms with Gasteiger partial charge in [0, 0.05) is 6.54 Å². The maximum Gasteiger partial charge on any atom is 0.137 e. The maximum absolute atomic E-state index is 6.15. The van der Waals surface area contributed by atoms with Crippen LogP contribution in [0.3, 0.4) is 0 Å². The van der Waals surface area contributed by atoms with Gasteiger partial charge in [-0.15, -0.1) is 0 Å². The molecule has 1 aromatic carbocycles. The van der Waals surface area contributed by atoms with E-state index in [9.17, 15) is 0 Å². The third kappa shape index (κ3) is 5.42. The SMILES string of the molecule is CNCc1ccc(OCCCC(C)C)c(Cl)c1. The average Bonchev–Trinajstić information content (AvgIpc) is 2.27. The molecule has 0 fully saturated rings. The Morgan fingerprint density at radius 2 is 2.12 bits per heavy atom. The monoisotopic (exact) mass is 255 g/mol. The van der Waals surface area contributed by atoms with Gasteiger partial charge in [0.1, 0.15) is 5.75 Å². The Labute approximate surface area is 109 Å². The highest BCUT2D eigenvalue weighted by Gasteiger charge is 2.03. The van der Waals surface area contributed by atoms with Crippen molar-refractivity contribution in [2.24, 2.45) is 5.92 Å².